The number of H-pyrrole nitrogens is 1. The number of ether oxygens (including phenoxy) is 2. The van der Waals surface area contributed by atoms with Crippen LogP contribution in [0.2, 0.25) is 0 Å². The number of amides is 2. The third-order valence-electron chi connectivity index (χ3n) is 7.65. The number of hydrogen-bond donors (Lipinski definition) is 1. The Kier molecular flexibility index (Phi) is 10.1. The molecule has 4 heterocycles. The van der Waals surface area contributed by atoms with Gasteiger partial charge in [0.1, 0.15) is 5.82 Å². The summed E-state index contributed by atoms with van der Waals surface area (Å²) >= 11 is 0. The molecule has 1 N–H and O–H groups in total. The second kappa shape index (κ2) is 14.5. The Bertz CT molecular complexity index is 1610. The van der Waals surface area contributed by atoms with Gasteiger partial charge in [-0.2, -0.15) is 0 Å². The van der Waals surface area contributed by atoms with E-state index in [0.717, 1.165) is 21.6 Å². The lowest BCUT2D eigenvalue weighted by atomic mass is 10.1. The summed E-state index contributed by atoms with van der Waals surface area (Å²) in [5.74, 6) is 1.64. The standard InChI is InChI=1S/C31H38N8O5/c1-36-31(42)34-28(35-36)30(41)39-15-4-3-14-37(27(40)11-8-23-7-5-12-32-22-23)16-6-20-44-26-21-24(9-10-25(26)43-2)29-33-13-17-38(29)18-19-39/h5,7,9-10,12-13,17,21-22H,3-4,6,8,11,14-16,18-20H2,1-2H3,(H,34,35,42). The van der Waals surface area contributed by atoms with Crippen LogP contribution in [0, 0.1) is 0 Å². The van der Waals surface area contributed by atoms with E-state index in [0.29, 0.717) is 82.9 Å². The molecule has 44 heavy (non-hydrogen) atoms. The molecule has 2 amide bonds. The molecule has 0 radical (unpaired) electrons. The number of aromatic nitrogens is 6. The molecular formula is C31H38N8O5. The molecule has 0 fully saturated rings. The monoisotopic (exact) mass is 602 g/mol. The number of hydrogen-bond acceptors (Lipinski definition) is 8. The van der Waals surface area contributed by atoms with Crippen LogP contribution in [0.4, 0.5) is 0 Å². The quantitative estimate of drug-likeness (QED) is 0.368. The third-order valence-corrected chi connectivity index (χ3v) is 7.65. The number of pyridine rings is 1. The first-order valence-corrected chi connectivity index (χ1v) is 14.8. The van der Waals surface area contributed by atoms with Crippen LogP contribution in [0.25, 0.3) is 11.4 Å². The van der Waals surface area contributed by atoms with Gasteiger partial charge in [0.15, 0.2) is 11.5 Å². The molecular weight excluding hydrogens is 564 g/mol. The Morgan fingerprint density at radius 1 is 1.02 bits per heavy atom. The lowest BCUT2D eigenvalue weighted by Gasteiger charge is -2.25. The molecule has 13 nitrogen and oxygen atoms in total. The molecule has 5 rings (SSSR count). The van der Waals surface area contributed by atoms with Crippen LogP contribution in [0.15, 0.2) is 59.9 Å². The number of benzene rings is 1. The predicted octanol–water partition coefficient (Wildman–Crippen LogP) is 2.54. The molecule has 2 bridgehead atoms. The summed E-state index contributed by atoms with van der Waals surface area (Å²) in [4.78, 5) is 53.6. The number of nitrogens with one attached hydrogen (secondary N) is 1. The second-order valence-electron chi connectivity index (χ2n) is 10.7. The van der Waals surface area contributed by atoms with Gasteiger partial charge in [0.2, 0.25) is 11.7 Å². The molecule has 0 saturated heterocycles. The predicted molar refractivity (Wildman–Crippen MR) is 162 cm³/mol. The highest BCUT2D eigenvalue weighted by Gasteiger charge is 2.22. The van der Waals surface area contributed by atoms with Crippen molar-refractivity contribution >= 4 is 11.8 Å². The van der Waals surface area contributed by atoms with Crippen molar-refractivity contribution in [3.8, 4) is 22.9 Å². The van der Waals surface area contributed by atoms with E-state index in [1.165, 1.54) is 7.05 Å². The topological polar surface area (TPSA) is 140 Å². The zero-order valence-corrected chi connectivity index (χ0v) is 25.1. The van der Waals surface area contributed by atoms with Crippen LogP contribution in [0.3, 0.4) is 0 Å². The highest BCUT2D eigenvalue weighted by atomic mass is 16.5. The van der Waals surface area contributed by atoms with Gasteiger partial charge in [-0.05, 0) is 55.5 Å². The fraction of sp³-hybridized carbons (Fsp3) is 0.419. The van der Waals surface area contributed by atoms with Crippen molar-refractivity contribution in [2.24, 2.45) is 7.05 Å². The van der Waals surface area contributed by atoms with E-state index in [2.05, 4.69) is 20.1 Å². The van der Waals surface area contributed by atoms with Crippen molar-refractivity contribution in [3.05, 3.63) is 77.0 Å². The van der Waals surface area contributed by atoms with E-state index >= 15 is 0 Å². The van der Waals surface area contributed by atoms with Gasteiger partial charge in [-0.25, -0.2) is 14.5 Å². The van der Waals surface area contributed by atoms with E-state index < -0.39 is 5.69 Å². The van der Waals surface area contributed by atoms with Crippen LogP contribution in [-0.4, -0.2) is 90.8 Å². The van der Waals surface area contributed by atoms with E-state index in [9.17, 15) is 14.4 Å². The molecule has 1 aliphatic heterocycles. The van der Waals surface area contributed by atoms with Crippen LogP contribution in [0.1, 0.15) is 41.9 Å². The molecule has 1 aromatic carbocycles. The molecule has 13 heteroatoms. The average Bonchev–Trinajstić information content (AvgIpc) is 3.65. The highest BCUT2D eigenvalue weighted by Crippen LogP contribution is 2.32. The number of carbonyl (C=O) groups excluding carboxylic acids is 2. The Hall–Kier alpha value is -4.94. The maximum Gasteiger partial charge on any atom is 0.343 e. The Morgan fingerprint density at radius 3 is 2.59 bits per heavy atom. The number of nitrogens with zero attached hydrogens (tertiary/aromatic N) is 7. The summed E-state index contributed by atoms with van der Waals surface area (Å²) < 4.78 is 14.8. The summed E-state index contributed by atoms with van der Waals surface area (Å²) in [6, 6.07) is 9.51. The van der Waals surface area contributed by atoms with Crippen LogP contribution < -0.4 is 15.2 Å². The minimum absolute atomic E-state index is 0.00148. The first-order chi connectivity index (χ1) is 21.4. The SMILES string of the molecule is COc1ccc2cc1OCCCN(C(=O)CCc1cccnc1)CCCCN(C(=O)c1nn(C)c(=O)[nH]1)CCn1ccnc1-2. The Labute approximate surface area is 255 Å². The molecule has 4 aromatic rings. The normalized spacial score (nSPS) is 14.8. The first kappa shape index (κ1) is 30.5. The summed E-state index contributed by atoms with van der Waals surface area (Å²) in [5, 5.41) is 4.08. The van der Waals surface area contributed by atoms with Crippen molar-refractivity contribution in [2.45, 2.75) is 38.6 Å². The minimum Gasteiger partial charge on any atom is -0.493 e. The number of imidazole rings is 1. The molecule has 0 spiro atoms. The minimum atomic E-state index is -0.450. The largest absolute Gasteiger partial charge is 0.493 e. The number of methoxy groups -OCH3 is 1. The van der Waals surface area contributed by atoms with Crippen molar-refractivity contribution in [3.63, 3.8) is 0 Å². The molecule has 0 saturated carbocycles. The summed E-state index contributed by atoms with van der Waals surface area (Å²) in [6.45, 7) is 2.78. The molecule has 232 valence electrons. The number of carbonyl (C=O) groups is 2. The second-order valence-corrected chi connectivity index (χ2v) is 10.7. The van der Waals surface area contributed by atoms with Gasteiger partial charge >= 0.3 is 5.69 Å². The van der Waals surface area contributed by atoms with Crippen LogP contribution in [-0.2, 0) is 24.8 Å². The van der Waals surface area contributed by atoms with Gasteiger partial charge in [0.05, 0.1) is 13.7 Å². The number of rotatable bonds is 5. The van der Waals surface area contributed by atoms with E-state index in [1.807, 2.05) is 46.0 Å². The van der Waals surface area contributed by atoms with E-state index in [4.69, 9.17) is 9.47 Å². The fourth-order valence-electron chi connectivity index (χ4n) is 5.23. The van der Waals surface area contributed by atoms with Gasteiger partial charge in [-0.15, -0.1) is 5.10 Å². The van der Waals surface area contributed by atoms with E-state index in [-0.39, 0.29) is 17.6 Å². The van der Waals surface area contributed by atoms with Gasteiger partial charge in [0.25, 0.3) is 5.91 Å². The van der Waals surface area contributed by atoms with Crippen molar-refractivity contribution in [1.82, 2.24) is 39.1 Å². The number of aromatic amines is 1. The van der Waals surface area contributed by atoms with Crippen molar-refractivity contribution in [2.75, 3.05) is 39.9 Å². The summed E-state index contributed by atoms with van der Waals surface area (Å²) in [7, 11) is 3.10. The maximum atomic E-state index is 13.5. The van der Waals surface area contributed by atoms with Gasteiger partial charge in [0, 0.05) is 76.5 Å². The molecule has 0 unspecified atom stereocenters. The molecule has 1 aliphatic rings. The third kappa shape index (κ3) is 7.52. The zero-order valence-electron chi connectivity index (χ0n) is 25.1. The van der Waals surface area contributed by atoms with Gasteiger partial charge < -0.3 is 23.8 Å². The smallest absolute Gasteiger partial charge is 0.343 e. The molecule has 0 aliphatic carbocycles. The van der Waals surface area contributed by atoms with Gasteiger partial charge in [-0.3, -0.25) is 19.6 Å². The van der Waals surface area contributed by atoms with Crippen molar-refractivity contribution in [1.29, 1.82) is 0 Å². The molecule has 0 atom stereocenters. The Balaban J connectivity index is 1.37. The van der Waals surface area contributed by atoms with Crippen LogP contribution >= 0.6 is 0 Å². The number of aryl methyl sites for hydroxylation is 2. The Morgan fingerprint density at radius 2 is 1.84 bits per heavy atom. The summed E-state index contributed by atoms with van der Waals surface area (Å²) in [5.41, 5.74) is 1.41. The lowest BCUT2D eigenvalue weighted by Crippen LogP contribution is -2.37. The molecule has 3 aromatic heterocycles. The van der Waals surface area contributed by atoms with Gasteiger partial charge in [-0.1, -0.05) is 6.07 Å². The zero-order chi connectivity index (χ0) is 30.9. The van der Waals surface area contributed by atoms with Crippen molar-refractivity contribution < 1.29 is 19.1 Å². The van der Waals surface area contributed by atoms with E-state index in [1.54, 1.807) is 30.6 Å². The van der Waals surface area contributed by atoms with Crippen LogP contribution in [0.5, 0.6) is 11.5 Å². The first-order valence-electron chi connectivity index (χ1n) is 14.8. The summed E-state index contributed by atoms with van der Waals surface area (Å²) in [6.07, 6.45) is 10.1. The highest BCUT2D eigenvalue weighted by molar-refractivity contribution is 5.90. The fourth-order valence-corrected chi connectivity index (χ4v) is 5.23. The maximum absolute atomic E-state index is 13.5. The lowest BCUT2D eigenvalue weighted by molar-refractivity contribution is -0.131. The average molecular weight is 603 g/mol. The number of fused-ring (bicyclic) bond motifs is 4.